The molecule has 0 rings (SSSR count). The minimum Gasteiger partial charge on any atom is -0.696 e. The number of hydrogen-bond donors (Lipinski definition) is 0. The van der Waals surface area contributed by atoms with Gasteiger partial charge in [-0.3, -0.25) is 0 Å². The van der Waals surface area contributed by atoms with Crippen LogP contribution in [0.5, 0.6) is 0 Å². The van der Waals surface area contributed by atoms with Gasteiger partial charge in [-0.1, -0.05) is 21.6 Å². The zero-order chi connectivity index (χ0) is 10.8. The summed E-state index contributed by atoms with van der Waals surface area (Å²) in [4.78, 5) is 0. The Morgan fingerprint density at radius 2 is 0.500 bits per heavy atom. The summed E-state index contributed by atoms with van der Waals surface area (Å²) in [5, 5.41) is 33.9. The SMILES string of the molecule is N#C[S-].N#C[S-].N#C[S-].N#C[S-].[Cd+2].[Cd+2]. The molecule has 0 bridgehead atoms. The van der Waals surface area contributed by atoms with Crippen LogP contribution in [-0.2, 0) is 105 Å². The van der Waals surface area contributed by atoms with Gasteiger partial charge >= 0.3 is 54.6 Å². The molecule has 0 aromatic rings. The maximum absolute atomic E-state index is 7.13. The Hall–Kier alpha value is 0.684. The van der Waals surface area contributed by atoms with Crippen molar-refractivity contribution in [1.82, 2.24) is 0 Å². The fraction of sp³-hybridized carbons (Fsp3) is 0. The van der Waals surface area contributed by atoms with Crippen LogP contribution in [0.2, 0.25) is 0 Å². The molecule has 0 heterocycles. The average molecular weight is 457 g/mol. The average Bonchev–Trinajstić information content (AvgIpc) is 1.92. The van der Waals surface area contributed by atoms with Crippen molar-refractivity contribution in [3.63, 3.8) is 0 Å². The Morgan fingerprint density at radius 3 is 0.500 bits per heavy atom. The predicted octanol–water partition coefficient (Wildman–Crippen LogP) is 0.0525. The zero-order valence-corrected chi connectivity index (χ0v) is 18.2. The Labute approximate surface area is 146 Å². The molecular weight excluding hydrogens is 457 g/mol. The fourth-order valence-corrected chi connectivity index (χ4v) is 0. The predicted molar refractivity (Wildman–Crippen MR) is 51.9 cm³/mol. The van der Waals surface area contributed by atoms with Gasteiger partial charge in [0.05, 0.1) is 0 Å². The number of thiocyanates is 4. The number of rotatable bonds is 0. The molecule has 0 amide bonds. The van der Waals surface area contributed by atoms with E-state index in [9.17, 15) is 0 Å². The van der Waals surface area contributed by atoms with E-state index in [-0.39, 0.29) is 54.6 Å². The van der Waals surface area contributed by atoms with Crippen LogP contribution in [0.1, 0.15) is 0 Å². The fourth-order valence-electron chi connectivity index (χ4n) is 0. The van der Waals surface area contributed by atoms with Crippen molar-refractivity contribution in [3.05, 3.63) is 0 Å². The molecule has 64 valence electrons. The third-order valence-corrected chi connectivity index (χ3v) is 0. The van der Waals surface area contributed by atoms with Gasteiger partial charge in [0.2, 0.25) is 0 Å². The van der Waals surface area contributed by atoms with E-state index in [2.05, 4.69) is 50.5 Å². The van der Waals surface area contributed by atoms with Gasteiger partial charge in [-0.05, 0) is 0 Å². The second-order valence-corrected chi connectivity index (χ2v) is 1.10. The summed E-state index contributed by atoms with van der Waals surface area (Å²) in [5.74, 6) is 0. The first-order valence-electron chi connectivity index (χ1n) is 1.71. The van der Waals surface area contributed by atoms with E-state index < -0.39 is 0 Å². The summed E-state index contributed by atoms with van der Waals surface area (Å²) >= 11 is 14.8. The van der Waals surface area contributed by atoms with E-state index in [1.165, 1.54) is 21.6 Å². The van der Waals surface area contributed by atoms with Gasteiger partial charge in [-0.15, -0.1) is 0 Å². The molecule has 10 heteroatoms. The minimum atomic E-state index is 0. The van der Waals surface area contributed by atoms with Crippen molar-refractivity contribution in [2.75, 3.05) is 0 Å². The largest absolute Gasteiger partial charge is 2.00 e. The van der Waals surface area contributed by atoms with E-state index in [1.54, 1.807) is 0 Å². The van der Waals surface area contributed by atoms with Crippen LogP contribution in [0.15, 0.2) is 0 Å². The number of hydrogen-bond acceptors (Lipinski definition) is 8. The molecule has 0 unspecified atom stereocenters. The molecule has 14 heavy (non-hydrogen) atoms. The standard InChI is InChI=1S/4CHNS.2Cd/c4*2-1-3;;/h4*3H;;/q;;;;2*+2/p-4. The van der Waals surface area contributed by atoms with Crippen molar-refractivity contribution in [1.29, 1.82) is 21.0 Å². The van der Waals surface area contributed by atoms with Gasteiger partial charge in [0.25, 0.3) is 0 Å². The third-order valence-electron chi connectivity index (χ3n) is 0. The van der Waals surface area contributed by atoms with Crippen LogP contribution < -0.4 is 0 Å². The summed E-state index contributed by atoms with van der Waals surface area (Å²) in [7, 11) is 0. The zero-order valence-electron chi connectivity index (χ0n) is 6.84. The first kappa shape index (κ1) is 36.5. The van der Waals surface area contributed by atoms with Crippen molar-refractivity contribution < 1.29 is 54.6 Å². The monoisotopic (exact) mass is 460 g/mol. The molecule has 0 aromatic carbocycles. The summed E-state index contributed by atoms with van der Waals surface area (Å²) in [6.45, 7) is 0. The molecule has 0 saturated carbocycles. The van der Waals surface area contributed by atoms with Crippen molar-refractivity contribution >= 4 is 50.5 Å². The molecule has 0 spiro atoms. The maximum Gasteiger partial charge on any atom is 2.00 e. The van der Waals surface area contributed by atoms with Gasteiger partial charge in [-0.2, -0.15) is 0 Å². The summed E-state index contributed by atoms with van der Waals surface area (Å²) in [5.41, 5.74) is 0. The third kappa shape index (κ3) is 3700. The maximum atomic E-state index is 7.13. The van der Waals surface area contributed by atoms with Crippen LogP contribution >= 0.6 is 0 Å². The van der Waals surface area contributed by atoms with Gasteiger partial charge in [0.1, 0.15) is 0 Å². The molecule has 0 saturated heterocycles. The molecule has 0 aliphatic rings. The minimum absolute atomic E-state index is 0. The van der Waals surface area contributed by atoms with Gasteiger partial charge in [0, 0.05) is 0 Å². The first-order chi connectivity index (χ1) is 5.66. The molecule has 0 aliphatic heterocycles. The molecule has 0 aliphatic carbocycles. The molecule has 0 N–H and O–H groups in total. The van der Waals surface area contributed by atoms with E-state index in [4.69, 9.17) is 21.0 Å². The normalized spacial score (nSPS) is 2.00. The van der Waals surface area contributed by atoms with E-state index in [1.807, 2.05) is 0 Å². The van der Waals surface area contributed by atoms with Crippen molar-refractivity contribution in [2.24, 2.45) is 0 Å². The summed E-state index contributed by atoms with van der Waals surface area (Å²) in [6.07, 6.45) is 0. The molecule has 0 radical (unpaired) electrons. The van der Waals surface area contributed by atoms with Gasteiger partial charge in [-0.25, -0.2) is 21.0 Å². The van der Waals surface area contributed by atoms with Crippen molar-refractivity contribution in [2.45, 2.75) is 0 Å². The Balaban J connectivity index is -0.0000000145. The van der Waals surface area contributed by atoms with E-state index >= 15 is 0 Å². The number of nitrogens with zero attached hydrogens (tertiary/aromatic N) is 4. The molecular formula is C4Cd2N4S4. The molecule has 0 aromatic heterocycles. The van der Waals surface area contributed by atoms with Crippen LogP contribution in [0.3, 0.4) is 0 Å². The van der Waals surface area contributed by atoms with E-state index in [0.717, 1.165) is 0 Å². The van der Waals surface area contributed by atoms with Crippen LogP contribution in [0, 0.1) is 42.7 Å². The summed E-state index contributed by atoms with van der Waals surface area (Å²) in [6, 6.07) is 0. The quantitative estimate of drug-likeness (QED) is 0.286. The van der Waals surface area contributed by atoms with Crippen LogP contribution in [-0.4, -0.2) is 0 Å². The molecule has 4 nitrogen and oxygen atoms in total. The second-order valence-electron chi connectivity index (χ2n) is 0.365. The first-order valence-corrected chi connectivity index (χ1v) is 3.34. The Kier molecular flexibility index (Phi) is 261. The van der Waals surface area contributed by atoms with Crippen molar-refractivity contribution in [3.8, 4) is 21.6 Å². The van der Waals surface area contributed by atoms with E-state index in [0.29, 0.717) is 0 Å². The second kappa shape index (κ2) is 100. The molecule has 0 atom stereocenters. The topological polar surface area (TPSA) is 95.2 Å². The smallest absolute Gasteiger partial charge is 0.696 e. The van der Waals surface area contributed by atoms with Crippen LogP contribution in [0.4, 0.5) is 0 Å². The van der Waals surface area contributed by atoms with Gasteiger partial charge < -0.3 is 50.5 Å². The number of nitriles is 4. The Bertz CT molecular complexity index is 161. The van der Waals surface area contributed by atoms with Gasteiger partial charge in [0.15, 0.2) is 0 Å². The summed E-state index contributed by atoms with van der Waals surface area (Å²) < 4.78 is 0. The van der Waals surface area contributed by atoms with Crippen LogP contribution in [0.25, 0.3) is 0 Å². The molecule has 0 fully saturated rings. The Morgan fingerprint density at radius 1 is 0.500 bits per heavy atom.